The van der Waals surface area contributed by atoms with Crippen molar-refractivity contribution >= 4 is 5.91 Å². The Bertz CT molecular complexity index is 875. The predicted molar refractivity (Wildman–Crippen MR) is 125 cm³/mol. The SMILES string of the molecule is COc1ccc(C(=O)N2CCCC2)c(OC2CCN(C(C)COc3ccccc3)CC2)c1. The molecule has 0 bridgehead atoms. The number of piperidine rings is 1. The van der Waals surface area contributed by atoms with Gasteiger partial charge in [0.25, 0.3) is 5.91 Å². The van der Waals surface area contributed by atoms with E-state index >= 15 is 0 Å². The van der Waals surface area contributed by atoms with Crippen molar-refractivity contribution in [2.45, 2.75) is 44.8 Å². The van der Waals surface area contributed by atoms with Crippen LogP contribution in [0.2, 0.25) is 0 Å². The Morgan fingerprint density at radius 3 is 2.41 bits per heavy atom. The molecule has 2 heterocycles. The number of para-hydroxylation sites is 1. The van der Waals surface area contributed by atoms with Gasteiger partial charge in [-0.3, -0.25) is 9.69 Å². The molecule has 1 unspecified atom stereocenters. The van der Waals surface area contributed by atoms with E-state index in [4.69, 9.17) is 14.2 Å². The maximum absolute atomic E-state index is 13.0. The van der Waals surface area contributed by atoms with E-state index in [1.54, 1.807) is 7.11 Å². The van der Waals surface area contributed by atoms with Crippen molar-refractivity contribution in [3.05, 3.63) is 54.1 Å². The zero-order chi connectivity index (χ0) is 22.3. The van der Waals surface area contributed by atoms with Crippen molar-refractivity contribution in [3.63, 3.8) is 0 Å². The van der Waals surface area contributed by atoms with Gasteiger partial charge in [-0.1, -0.05) is 18.2 Å². The van der Waals surface area contributed by atoms with Crippen LogP contribution in [0.1, 0.15) is 43.0 Å². The minimum absolute atomic E-state index is 0.0595. The van der Waals surface area contributed by atoms with Crippen LogP contribution >= 0.6 is 0 Å². The van der Waals surface area contributed by atoms with Gasteiger partial charge >= 0.3 is 0 Å². The summed E-state index contributed by atoms with van der Waals surface area (Å²) >= 11 is 0. The van der Waals surface area contributed by atoms with Crippen molar-refractivity contribution in [3.8, 4) is 17.2 Å². The third-order valence-electron chi connectivity index (χ3n) is 6.44. The summed E-state index contributed by atoms with van der Waals surface area (Å²) in [5.74, 6) is 2.32. The van der Waals surface area contributed by atoms with E-state index in [0.29, 0.717) is 29.7 Å². The molecule has 0 aromatic heterocycles. The minimum atomic E-state index is 0.0595. The molecule has 0 N–H and O–H groups in total. The zero-order valence-electron chi connectivity index (χ0n) is 19.2. The van der Waals surface area contributed by atoms with Gasteiger partial charge in [-0.15, -0.1) is 0 Å². The molecule has 2 aliphatic rings. The summed E-state index contributed by atoms with van der Waals surface area (Å²) in [6.07, 6.45) is 4.07. The molecule has 6 nitrogen and oxygen atoms in total. The molecular weight excluding hydrogens is 404 g/mol. The van der Waals surface area contributed by atoms with E-state index in [0.717, 1.165) is 57.6 Å². The van der Waals surface area contributed by atoms with Crippen LogP contribution in [0.25, 0.3) is 0 Å². The Morgan fingerprint density at radius 2 is 1.72 bits per heavy atom. The number of methoxy groups -OCH3 is 1. The molecule has 2 aromatic carbocycles. The van der Waals surface area contributed by atoms with Crippen molar-refractivity contribution in [2.24, 2.45) is 0 Å². The fourth-order valence-electron chi connectivity index (χ4n) is 4.45. The maximum atomic E-state index is 13.0. The summed E-state index contributed by atoms with van der Waals surface area (Å²) in [6, 6.07) is 15.8. The molecule has 4 rings (SSSR count). The zero-order valence-corrected chi connectivity index (χ0v) is 19.2. The quantitative estimate of drug-likeness (QED) is 0.617. The van der Waals surface area contributed by atoms with Gasteiger partial charge in [0, 0.05) is 38.3 Å². The van der Waals surface area contributed by atoms with Crippen molar-refractivity contribution in [2.75, 3.05) is 39.9 Å². The molecule has 172 valence electrons. The van der Waals surface area contributed by atoms with Crippen LogP contribution in [0.4, 0.5) is 0 Å². The highest BCUT2D eigenvalue weighted by Gasteiger charge is 2.27. The van der Waals surface area contributed by atoms with Crippen LogP contribution in [-0.2, 0) is 0 Å². The normalized spacial score (nSPS) is 18.4. The number of hydrogen-bond donors (Lipinski definition) is 0. The average Bonchev–Trinajstić information content (AvgIpc) is 3.38. The van der Waals surface area contributed by atoms with Gasteiger partial charge in [-0.2, -0.15) is 0 Å². The predicted octanol–water partition coefficient (Wildman–Crippen LogP) is 4.24. The molecule has 2 saturated heterocycles. The van der Waals surface area contributed by atoms with Crippen molar-refractivity contribution in [1.29, 1.82) is 0 Å². The van der Waals surface area contributed by atoms with Crippen LogP contribution in [-0.4, -0.2) is 67.7 Å². The monoisotopic (exact) mass is 438 g/mol. The number of benzene rings is 2. The van der Waals surface area contributed by atoms with Crippen LogP contribution in [0.3, 0.4) is 0 Å². The Kier molecular flexibility index (Phi) is 7.53. The van der Waals surface area contributed by atoms with Gasteiger partial charge in [0.1, 0.15) is 30.0 Å². The Labute approximate surface area is 191 Å². The third kappa shape index (κ3) is 5.54. The van der Waals surface area contributed by atoms with E-state index in [2.05, 4.69) is 11.8 Å². The summed E-state index contributed by atoms with van der Waals surface area (Å²) in [6.45, 7) is 6.42. The third-order valence-corrected chi connectivity index (χ3v) is 6.44. The standard InChI is InChI=1S/C26H34N2O4/c1-20(19-31-21-8-4-3-5-9-21)27-16-12-22(13-17-27)32-25-18-23(30-2)10-11-24(25)26(29)28-14-6-7-15-28/h3-5,8-11,18,20,22H,6-7,12-17,19H2,1-2H3. The largest absolute Gasteiger partial charge is 0.497 e. The van der Waals surface area contributed by atoms with Gasteiger partial charge in [0.15, 0.2) is 0 Å². The van der Waals surface area contributed by atoms with Gasteiger partial charge < -0.3 is 19.1 Å². The van der Waals surface area contributed by atoms with Crippen LogP contribution in [0, 0.1) is 0 Å². The number of likely N-dealkylation sites (tertiary alicyclic amines) is 2. The Morgan fingerprint density at radius 1 is 1.00 bits per heavy atom. The molecule has 2 aromatic rings. The lowest BCUT2D eigenvalue weighted by Crippen LogP contribution is -2.45. The number of ether oxygens (including phenoxy) is 3. The van der Waals surface area contributed by atoms with Crippen LogP contribution in [0.15, 0.2) is 48.5 Å². The first kappa shape index (κ1) is 22.5. The fraction of sp³-hybridized carbons (Fsp3) is 0.500. The highest BCUT2D eigenvalue weighted by molar-refractivity contribution is 5.97. The fourth-order valence-corrected chi connectivity index (χ4v) is 4.45. The lowest BCUT2D eigenvalue weighted by atomic mass is 10.1. The number of hydrogen-bond acceptors (Lipinski definition) is 5. The Hall–Kier alpha value is -2.73. The van der Waals surface area contributed by atoms with E-state index in [1.807, 2.05) is 53.4 Å². The molecule has 2 fully saturated rings. The molecular formula is C26H34N2O4. The molecule has 0 aliphatic carbocycles. The van der Waals surface area contributed by atoms with Gasteiger partial charge in [0.2, 0.25) is 0 Å². The smallest absolute Gasteiger partial charge is 0.257 e. The van der Waals surface area contributed by atoms with Gasteiger partial charge in [-0.25, -0.2) is 0 Å². The summed E-state index contributed by atoms with van der Waals surface area (Å²) in [4.78, 5) is 17.4. The van der Waals surface area contributed by atoms with E-state index in [1.165, 1.54) is 0 Å². The second-order valence-corrected chi connectivity index (χ2v) is 8.69. The van der Waals surface area contributed by atoms with E-state index in [-0.39, 0.29) is 12.0 Å². The molecule has 0 radical (unpaired) electrons. The summed E-state index contributed by atoms with van der Waals surface area (Å²) in [7, 11) is 1.64. The van der Waals surface area contributed by atoms with Crippen LogP contribution < -0.4 is 14.2 Å². The van der Waals surface area contributed by atoms with Crippen molar-refractivity contribution < 1.29 is 19.0 Å². The number of nitrogens with zero attached hydrogens (tertiary/aromatic N) is 2. The first-order valence-corrected chi connectivity index (χ1v) is 11.7. The van der Waals surface area contributed by atoms with E-state index in [9.17, 15) is 4.79 Å². The van der Waals surface area contributed by atoms with Gasteiger partial charge in [0.05, 0.1) is 12.7 Å². The first-order chi connectivity index (χ1) is 15.6. The molecule has 1 amide bonds. The summed E-state index contributed by atoms with van der Waals surface area (Å²) in [5, 5.41) is 0. The maximum Gasteiger partial charge on any atom is 0.257 e. The number of carbonyl (C=O) groups excluding carboxylic acids is 1. The first-order valence-electron chi connectivity index (χ1n) is 11.7. The molecule has 32 heavy (non-hydrogen) atoms. The lowest BCUT2D eigenvalue weighted by Gasteiger charge is -2.36. The van der Waals surface area contributed by atoms with Gasteiger partial charge in [-0.05, 0) is 56.9 Å². The average molecular weight is 439 g/mol. The number of amides is 1. The van der Waals surface area contributed by atoms with Crippen molar-refractivity contribution in [1.82, 2.24) is 9.80 Å². The molecule has 0 spiro atoms. The number of rotatable bonds is 8. The molecule has 1 atom stereocenters. The Balaban J connectivity index is 1.33. The highest BCUT2D eigenvalue weighted by atomic mass is 16.5. The lowest BCUT2D eigenvalue weighted by molar-refractivity contribution is 0.0616. The molecule has 0 saturated carbocycles. The topological polar surface area (TPSA) is 51.2 Å². The minimum Gasteiger partial charge on any atom is -0.497 e. The second kappa shape index (κ2) is 10.7. The molecule has 6 heteroatoms. The molecule has 2 aliphatic heterocycles. The second-order valence-electron chi connectivity index (χ2n) is 8.69. The highest BCUT2D eigenvalue weighted by Crippen LogP contribution is 2.30. The summed E-state index contributed by atoms with van der Waals surface area (Å²) in [5.41, 5.74) is 0.639. The number of carbonyl (C=O) groups is 1. The summed E-state index contributed by atoms with van der Waals surface area (Å²) < 4.78 is 17.7. The van der Waals surface area contributed by atoms with E-state index < -0.39 is 0 Å². The van der Waals surface area contributed by atoms with Crippen LogP contribution in [0.5, 0.6) is 17.2 Å².